The van der Waals surface area contributed by atoms with Gasteiger partial charge in [0.1, 0.15) is 10.1 Å². The fourth-order valence-corrected chi connectivity index (χ4v) is 9.12. The number of alkyl halides is 3. The maximum atomic E-state index is 15.4. The zero-order valence-electron chi connectivity index (χ0n) is 32.7. The monoisotopic (exact) mass is 802 g/mol. The quantitative estimate of drug-likeness (QED) is 0.160. The van der Waals surface area contributed by atoms with Crippen LogP contribution in [-0.2, 0) is 6.18 Å². The lowest BCUT2D eigenvalue weighted by Gasteiger charge is -2.21. The van der Waals surface area contributed by atoms with Gasteiger partial charge in [-0.2, -0.15) is 13.2 Å². The molecule has 1 aliphatic heterocycles. The van der Waals surface area contributed by atoms with Crippen molar-refractivity contribution in [3.8, 4) is 55.6 Å². The summed E-state index contributed by atoms with van der Waals surface area (Å²) in [6.45, 7) is 8.06. The van der Waals surface area contributed by atoms with E-state index in [2.05, 4.69) is 86.6 Å². The zero-order chi connectivity index (χ0) is 40.4. The minimum Gasteiger partial charge on any atom is -0.238 e. The van der Waals surface area contributed by atoms with E-state index in [1.54, 1.807) is 0 Å². The van der Waals surface area contributed by atoms with Gasteiger partial charge < -0.3 is 0 Å². The van der Waals surface area contributed by atoms with Gasteiger partial charge in [-0.05, 0) is 90.9 Å². The van der Waals surface area contributed by atoms with Crippen LogP contribution < -0.4 is 0 Å². The maximum Gasteiger partial charge on any atom is 0.418 e. The molecule has 0 atom stereocenters. The largest absolute Gasteiger partial charge is 0.418 e. The highest BCUT2D eigenvalue weighted by Crippen LogP contribution is 2.48. The third kappa shape index (κ3) is 8.62. The van der Waals surface area contributed by atoms with E-state index in [9.17, 15) is 0 Å². The fourth-order valence-electron chi connectivity index (χ4n) is 7.06. The summed E-state index contributed by atoms with van der Waals surface area (Å²) >= 11 is 2.99. The lowest BCUT2D eigenvalue weighted by molar-refractivity contribution is -0.137. The summed E-state index contributed by atoms with van der Waals surface area (Å²) in [5.41, 5.74) is 12.4. The van der Waals surface area contributed by atoms with Gasteiger partial charge in [0.2, 0.25) is 0 Å². The van der Waals surface area contributed by atoms with Crippen LogP contribution in [0.4, 0.5) is 24.5 Å². The average molecular weight is 803 g/mol. The smallest absolute Gasteiger partial charge is 0.238 e. The molecule has 0 bridgehead atoms. The summed E-state index contributed by atoms with van der Waals surface area (Å²) in [4.78, 5) is 10.5. The van der Waals surface area contributed by atoms with Crippen molar-refractivity contribution in [2.45, 2.75) is 33.9 Å². The molecule has 1 heterocycles. The fraction of sp³-hybridized carbons (Fsp3) is 0.137. The van der Waals surface area contributed by atoms with E-state index in [1.807, 2.05) is 86.6 Å². The minimum absolute atomic E-state index is 0.109. The first kappa shape index (κ1) is 39.2. The van der Waals surface area contributed by atoms with Crippen LogP contribution in [0.25, 0.3) is 55.6 Å². The lowest BCUT2D eigenvalue weighted by atomic mass is 9.90. The van der Waals surface area contributed by atoms with E-state index >= 15 is 13.2 Å². The number of halogens is 3. The van der Waals surface area contributed by atoms with Crippen LogP contribution in [0.3, 0.4) is 0 Å². The first-order valence-electron chi connectivity index (χ1n) is 19.2. The topological polar surface area (TPSA) is 24.7 Å². The van der Waals surface area contributed by atoms with E-state index in [0.717, 1.165) is 67.1 Å². The van der Waals surface area contributed by atoms with E-state index in [4.69, 9.17) is 9.98 Å². The van der Waals surface area contributed by atoms with Gasteiger partial charge in [0.15, 0.2) is 0 Å². The Balaban J connectivity index is 1.39. The van der Waals surface area contributed by atoms with E-state index in [1.165, 1.54) is 29.6 Å². The Morgan fingerprint density at radius 3 is 1.16 bits per heavy atom. The Hall–Kier alpha value is -5.63. The molecule has 0 aliphatic carbocycles. The first-order chi connectivity index (χ1) is 28.0. The summed E-state index contributed by atoms with van der Waals surface area (Å²) in [6, 6.07) is 49.7. The molecule has 1 fully saturated rings. The molecule has 0 saturated carbocycles. The molecular formula is C51H41F3N2S2. The van der Waals surface area contributed by atoms with Crippen molar-refractivity contribution in [2.24, 2.45) is 9.98 Å². The van der Waals surface area contributed by atoms with Crippen LogP contribution in [0, 0.1) is 27.7 Å². The molecule has 7 aromatic carbocycles. The van der Waals surface area contributed by atoms with Crippen molar-refractivity contribution in [3.05, 3.63) is 179 Å². The Morgan fingerprint density at radius 2 is 0.741 bits per heavy atom. The minimum atomic E-state index is -4.67. The predicted octanol–water partition coefficient (Wildman–Crippen LogP) is 15.5. The molecular weight excluding hydrogens is 762 g/mol. The number of aliphatic imine (C=N–C) groups is 2. The summed E-state index contributed by atoms with van der Waals surface area (Å²) in [7, 11) is 0. The predicted molar refractivity (Wildman–Crippen MR) is 243 cm³/mol. The molecule has 8 rings (SSSR count). The van der Waals surface area contributed by atoms with Gasteiger partial charge in [-0.15, -0.1) is 23.5 Å². The SMILES string of the molecule is Cc1ccc(-c2cc(-c3ccc(C)cc3)c(N=C3SCCSC3=Nc3c(-c4ccc(C)cc4)cc(-c4ccccc4)cc3-c3ccc(C)cc3)c(C(F)(F)F)c2)cc1. The molecule has 0 unspecified atom stereocenters. The van der Waals surface area contributed by atoms with Gasteiger partial charge in [-0.25, -0.2) is 9.98 Å². The van der Waals surface area contributed by atoms with Crippen LogP contribution in [0.1, 0.15) is 27.8 Å². The van der Waals surface area contributed by atoms with Crippen molar-refractivity contribution in [2.75, 3.05) is 11.5 Å². The molecule has 0 amide bonds. The molecule has 288 valence electrons. The molecule has 0 aromatic heterocycles. The number of nitrogens with zero attached hydrogens (tertiary/aromatic N) is 2. The molecule has 0 spiro atoms. The van der Waals surface area contributed by atoms with Crippen molar-refractivity contribution in [1.82, 2.24) is 0 Å². The molecule has 7 heteroatoms. The highest BCUT2D eigenvalue weighted by Gasteiger charge is 2.36. The van der Waals surface area contributed by atoms with Crippen molar-refractivity contribution < 1.29 is 13.2 Å². The Bertz CT molecular complexity index is 2580. The van der Waals surface area contributed by atoms with Gasteiger partial charge in [0, 0.05) is 28.2 Å². The highest BCUT2D eigenvalue weighted by atomic mass is 32.2. The first-order valence-corrected chi connectivity index (χ1v) is 21.2. The number of rotatable bonds is 7. The number of aryl methyl sites for hydroxylation is 4. The van der Waals surface area contributed by atoms with Crippen LogP contribution in [0.5, 0.6) is 0 Å². The van der Waals surface area contributed by atoms with E-state index in [0.29, 0.717) is 38.1 Å². The van der Waals surface area contributed by atoms with E-state index in [-0.39, 0.29) is 5.69 Å². The molecule has 2 nitrogen and oxygen atoms in total. The van der Waals surface area contributed by atoms with Gasteiger partial charge in [0.05, 0.1) is 16.9 Å². The molecule has 1 saturated heterocycles. The Morgan fingerprint density at radius 1 is 0.397 bits per heavy atom. The van der Waals surface area contributed by atoms with Gasteiger partial charge in [-0.3, -0.25) is 0 Å². The maximum absolute atomic E-state index is 15.4. The third-order valence-electron chi connectivity index (χ3n) is 10.3. The summed E-state index contributed by atoms with van der Waals surface area (Å²) in [5, 5.41) is 1.06. The molecule has 1 aliphatic rings. The standard InChI is InChI=1S/C51H41F3N2S2/c1-32-10-18-37(19-11-32)42-30-45(40-24-16-35(4)17-25-40)48(46(31-42)51(52,53)54)56-50-49(57-26-27-58-50)55-47-43(38-20-12-33(2)13-21-38)28-41(36-8-6-5-7-9-36)29-44(47)39-22-14-34(3)15-23-39/h5-25,28-31H,26-27H2,1-4H3. The average Bonchev–Trinajstić information content (AvgIpc) is 3.23. The van der Waals surface area contributed by atoms with Crippen molar-refractivity contribution in [1.29, 1.82) is 0 Å². The van der Waals surface area contributed by atoms with Crippen molar-refractivity contribution >= 4 is 45.0 Å². The zero-order valence-corrected chi connectivity index (χ0v) is 34.3. The summed E-state index contributed by atoms with van der Waals surface area (Å²) in [6.07, 6.45) is -4.67. The van der Waals surface area contributed by atoms with Crippen LogP contribution in [-0.4, -0.2) is 21.6 Å². The number of hydrogen-bond acceptors (Lipinski definition) is 4. The highest BCUT2D eigenvalue weighted by molar-refractivity contribution is 8.27. The normalized spacial score (nSPS) is 14.6. The van der Waals surface area contributed by atoms with Gasteiger partial charge in [-0.1, -0.05) is 150 Å². The second-order valence-corrected chi connectivity index (χ2v) is 16.9. The number of hydrogen-bond donors (Lipinski definition) is 0. The summed E-state index contributed by atoms with van der Waals surface area (Å²) in [5.74, 6) is 1.43. The van der Waals surface area contributed by atoms with Crippen molar-refractivity contribution in [3.63, 3.8) is 0 Å². The lowest BCUT2D eigenvalue weighted by Crippen LogP contribution is -2.15. The molecule has 0 N–H and O–H groups in total. The second-order valence-electron chi connectivity index (χ2n) is 14.7. The third-order valence-corrected chi connectivity index (χ3v) is 12.6. The van der Waals surface area contributed by atoms with Gasteiger partial charge in [0.25, 0.3) is 0 Å². The van der Waals surface area contributed by atoms with Crippen LogP contribution in [0.2, 0.25) is 0 Å². The second kappa shape index (κ2) is 16.7. The Labute approximate surface area is 347 Å². The molecule has 58 heavy (non-hydrogen) atoms. The molecule has 0 radical (unpaired) electrons. The van der Waals surface area contributed by atoms with Crippen LogP contribution >= 0.6 is 23.5 Å². The van der Waals surface area contributed by atoms with Crippen LogP contribution in [0.15, 0.2) is 162 Å². The summed E-state index contributed by atoms with van der Waals surface area (Å²) < 4.78 is 46.1. The molecule has 7 aromatic rings. The Kier molecular flexibility index (Phi) is 11.3. The van der Waals surface area contributed by atoms with E-state index < -0.39 is 11.7 Å². The number of benzene rings is 7. The number of thioether (sulfide) groups is 2. The van der Waals surface area contributed by atoms with Gasteiger partial charge >= 0.3 is 6.18 Å².